The summed E-state index contributed by atoms with van der Waals surface area (Å²) in [6.45, 7) is 8.14. The molecular formula is C15H24N2O3. The smallest absolute Gasteiger partial charge is 0.355 e. The average molecular weight is 280 g/mol. The van der Waals surface area contributed by atoms with Crippen LogP contribution < -0.4 is 5.32 Å². The summed E-state index contributed by atoms with van der Waals surface area (Å²) in [7, 11) is 0. The van der Waals surface area contributed by atoms with E-state index < -0.39 is 0 Å². The van der Waals surface area contributed by atoms with E-state index in [0.29, 0.717) is 12.3 Å². The Balaban J connectivity index is 2.78. The fraction of sp³-hybridized carbons (Fsp3) is 0.600. The number of nitrogens with zero attached hydrogens (tertiary/aromatic N) is 1. The minimum atomic E-state index is -0.384. The molecule has 0 radical (unpaired) electrons. The second-order valence-electron chi connectivity index (χ2n) is 4.78. The molecule has 5 nitrogen and oxygen atoms in total. The van der Waals surface area contributed by atoms with Crippen LogP contribution in [0, 0.1) is 6.92 Å². The predicted octanol–water partition coefficient (Wildman–Crippen LogP) is 2.28. The Hall–Kier alpha value is -1.78. The molecule has 0 aliphatic heterocycles. The SMILES string of the molecule is CCOC(=O)c1c(C)ccn1CC(=O)NC(CC)CC. The highest BCUT2D eigenvalue weighted by Crippen LogP contribution is 2.12. The third-order valence-corrected chi connectivity index (χ3v) is 3.30. The van der Waals surface area contributed by atoms with Gasteiger partial charge in [-0.2, -0.15) is 0 Å². The van der Waals surface area contributed by atoms with Gasteiger partial charge in [0, 0.05) is 12.2 Å². The van der Waals surface area contributed by atoms with Crippen LogP contribution in [0.25, 0.3) is 0 Å². The zero-order valence-corrected chi connectivity index (χ0v) is 12.7. The Labute approximate surface area is 120 Å². The van der Waals surface area contributed by atoms with Crippen molar-refractivity contribution in [2.45, 2.75) is 53.1 Å². The lowest BCUT2D eigenvalue weighted by atomic mass is 10.2. The van der Waals surface area contributed by atoms with Gasteiger partial charge in [-0.3, -0.25) is 4.79 Å². The van der Waals surface area contributed by atoms with Gasteiger partial charge in [0.25, 0.3) is 0 Å². The van der Waals surface area contributed by atoms with Gasteiger partial charge in [0.1, 0.15) is 12.2 Å². The third-order valence-electron chi connectivity index (χ3n) is 3.30. The van der Waals surface area contributed by atoms with Gasteiger partial charge in [0.15, 0.2) is 0 Å². The van der Waals surface area contributed by atoms with Crippen LogP contribution in [-0.4, -0.2) is 29.1 Å². The summed E-state index contributed by atoms with van der Waals surface area (Å²) in [5.74, 6) is -0.467. The molecule has 0 aromatic carbocycles. The van der Waals surface area contributed by atoms with Crippen LogP contribution in [0.1, 0.15) is 49.7 Å². The molecule has 0 fully saturated rings. The molecule has 20 heavy (non-hydrogen) atoms. The molecule has 0 aliphatic rings. The van der Waals surface area contributed by atoms with Crippen molar-refractivity contribution in [3.8, 4) is 0 Å². The first kappa shape index (κ1) is 16.3. The molecule has 0 saturated carbocycles. The highest BCUT2D eigenvalue weighted by atomic mass is 16.5. The monoisotopic (exact) mass is 280 g/mol. The Morgan fingerprint density at radius 1 is 1.30 bits per heavy atom. The Morgan fingerprint density at radius 2 is 1.95 bits per heavy atom. The molecule has 0 saturated heterocycles. The average Bonchev–Trinajstić information content (AvgIpc) is 2.77. The minimum absolute atomic E-state index is 0.0835. The number of amides is 1. The first-order chi connectivity index (χ1) is 9.53. The molecule has 0 aliphatic carbocycles. The highest BCUT2D eigenvalue weighted by Gasteiger charge is 2.18. The lowest BCUT2D eigenvalue weighted by Gasteiger charge is -2.16. The zero-order chi connectivity index (χ0) is 15.1. The number of hydrogen-bond acceptors (Lipinski definition) is 3. The van der Waals surface area contributed by atoms with Crippen molar-refractivity contribution in [2.75, 3.05) is 6.61 Å². The summed E-state index contributed by atoms with van der Waals surface area (Å²) >= 11 is 0. The van der Waals surface area contributed by atoms with E-state index in [1.807, 2.05) is 26.8 Å². The summed E-state index contributed by atoms with van der Waals surface area (Å²) < 4.78 is 6.67. The summed E-state index contributed by atoms with van der Waals surface area (Å²) in [6.07, 6.45) is 3.55. The van der Waals surface area contributed by atoms with E-state index in [-0.39, 0.29) is 24.5 Å². The number of nitrogens with one attached hydrogen (secondary N) is 1. The van der Waals surface area contributed by atoms with Crippen molar-refractivity contribution in [1.29, 1.82) is 0 Å². The zero-order valence-electron chi connectivity index (χ0n) is 12.7. The van der Waals surface area contributed by atoms with Crippen LogP contribution in [-0.2, 0) is 16.1 Å². The Kier molecular flexibility index (Phi) is 6.28. The van der Waals surface area contributed by atoms with Crippen LogP contribution in [0.5, 0.6) is 0 Å². The van der Waals surface area contributed by atoms with Crippen molar-refractivity contribution in [3.63, 3.8) is 0 Å². The molecule has 1 heterocycles. The van der Waals surface area contributed by atoms with Crippen LogP contribution >= 0.6 is 0 Å². The van der Waals surface area contributed by atoms with Crippen molar-refractivity contribution in [2.24, 2.45) is 0 Å². The number of hydrogen-bond donors (Lipinski definition) is 1. The van der Waals surface area contributed by atoms with Crippen molar-refractivity contribution >= 4 is 11.9 Å². The van der Waals surface area contributed by atoms with E-state index >= 15 is 0 Å². The maximum Gasteiger partial charge on any atom is 0.355 e. The van der Waals surface area contributed by atoms with Gasteiger partial charge in [0.2, 0.25) is 5.91 Å². The van der Waals surface area contributed by atoms with E-state index in [1.165, 1.54) is 0 Å². The number of carbonyl (C=O) groups excluding carboxylic acids is 2. The number of carbonyl (C=O) groups is 2. The van der Waals surface area contributed by atoms with Crippen LogP contribution in [0.4, 0.5) is 0 Å². The van der Waals surface area contributed by atoms with Crippen molar-refractivity contribution < 1.29 is 14.3 Å². The van der Waals surface area contributed by atoms with Gasteiger partial charge >= 0.3 is 5.97 Å². The van der Waals surface area contributed by atoms with Gasteiger partial charge in [-0.1, -0.05) is 13.8 Å². The summed E-state index contributed by atoms with van der Waals surface area (Å²) in [6, 6.07) is 2.00. The maximum atomic E-state index is 12.0. The van der Waals surface area contributed by atoms with Gasteiger partial charge < -0.3 is 14.6 Å². The molecule has 5 heteroatoms. The van der Waals surface area contributed by atoms with Gasteiger partial charge in [0.05, 0.1) is 6.61 Å². The second-order valence-corrected chi connectivity index (χ2v) is 4.78. The number of ether oxygens (including phenoxy) is 1. The quantitative estimate of drug-likeness (QED) is 0.779. The molecule has 0 spiro atoms. The molecule has 1 aromatic rings. The standard InChI is InChI=1S/C15H24N2O3/c1-5-12(6-2)16-13(18)10-17-9-8-11(4)14(17)15(19)20-7-3/h8-9,12H,5-7,10H2,1-4H3,(H,16,18). The number of aryl methyl sites for hydroxylation is 1. The fourth-order valence-electron chi connectivity index (χ4n) is 2.11. The molecule has 1 aromatic heterocycles. The van der Waals surface area contributed by atoms with E-state index in [9.17, 15) is 9.59 Å². The number of esters is 1. The maximum absolute atomic E-state index is 12.0. The first-order valence-electron chi connectivity index (χ1n) is 7.15. The topological polar surface area (TPSA) is 60.3 Å². The number of rotatable bonds is 7. The minimum Gasteiger partial charge on any atom is -0.461 e. The van der Waals surface area contributed by atoms with E-state index in [4.69, 9.17) is 4.74 Å². The Morgan fingerprint density at radius 3 is 2.50 bits per heavy atom. The van der Waals surface area contributed by atoms with E-state index in [2.05, 4.69) is 5.32 Å². The second kappa shape index (κ2) is 7.72. The van der Waals surface area contributed by atoms with Gasteiger partial charge in [-0.25, -0.2) is 4.79 Å². The van der Waals surface area contributed by atoms with Gasteiger partial charge in [-0.15, -0.1) is 0 Å². The largest absolute Gasteiger partial charge is 0.461 e. The normalized spacial score (nSPS) is 10.7. The lowest BCUT2D eigenvalue weighted by molar-refractivity contribution is -0.122. The van der Waals surface area contributed by atoms with Gasteiger partial charge in [-0.05, 0) is 38.3 Å². The molecule has 0 atom stereocenters. The summed E-state index contributed by atoms with van der Waals surface area (Å²) in [5, 5.41) is 2.96. The first-order valence-corrected chi connectivity index (χ1v) is 7.15. The molecule has 0 unspecified atom stereocenters. The lowest BCUT2D eigenvalue weighted by Crippen LogP contribution is -2.36. The third kappa shape index (κ3) is 4.11. The van der Waals surface area contributed by atoms with Crippen LogP contribution in [0.3, 0.4) is 0 Å². The fourth-order valence-corrected chi connectivity index (χ4v) is 2.11. The van der Waals surface area contributed by atoms with Crippen LogP contribution in [0.2, 0.25) is 0 Å². The van der Waals surface area contributed by atoms with Crippen molar-refractivity contribution in [1.82, 2.24) is 9.88 Å². The predicted molar refractivity (Wildman–Crippen MR) is 77.6 cm³/mol. The number of aromatic nitrogens is 1. The molecular weight excluding hydrogens is 256 g/mol. The molecule has 1 N–H and O–H groups in total. The summed E-state index contributed by atoms with van der Waals surface area (Å²) in [5.41, 5.74) is 1.27. The molecule has 112 valence electrons. The van der Waals surface area contributed by atoms with E-state index in [0.717, 1.165) is 18.4 Å². The highest BCUT2D eigenvalue weighted by molar-refractivity contribution is 5.90. The van der Waals surface area contributed by atoms with Crippen molar-refractivity contribution in [3.05, 3.63) is 23.5 Å². The Bertz CT molecular complexity index is 462. The molecule has 1 rings (SSSR count). The molecule has 0 bridgehead atoms. The van der Waals surface area contributed by atoms with Crippen LogP contribution in [0.15, 0.2) is 12.3 Å². The van der Waals surface area contributed by atoms with E-state index in [1.54, 1.807) is 17.7 Å². The summed E-state index contributed by atoms with van der Waals surface area (Å²) in [4.78, 5) is 23.9. The molecule has 1 amide bonds.